The first-order valence-corrected chi connectivity index (χ1v) is 2.72. The van der Waals surface area contributed by atoms with Gasteiger partial charge in [0.1, 0.15) is 0 Å². The molecule has 0 aromatic heterocycles. The molecule has 0 aromatic carbocycles. The summed E-state index contributed by atoms with van der Waals surface area (Å²) >= 11 is 0. The quantitative estimate of drug-likeness (QED) is 0.430. The number of hydrogen-bond donors (Lipinski definition) is 3. The maximum absolute atomic E-state index is 8.29. The summed E-state index contributed by atoms with van der Waals surface area (Å²) < 4.78 is 0. The second-order valence-electron chi connectivity index (χ2n) is 2.04. The summed E-state index contributed by atoms with van der Waals surface area (Å²) in [5.74, 6) is 0. The Labute approximate surface area is 49.3 Å². The number of rotatable bonds is 3. The Balaban J connectivity index is 2.93. The van der Waals surface area contributed by atoms with Gasteiger partial charge in [0.2, 0.25) is 0 Å². The van der Waals surface area contributed by atoms with Gasteiger partial charge in [-0.15, -0.1) is 0 Å². The number of hydrogen-bond acceptors (Lipinski definition) is 3. The van der Waals surface area contributed by atoms with E-state index in [9.17, 15) is 0 Å². The molecule has 8 heavy (non-hydrogen) atoms. The average Bonchev–Trinajstić information content (AvgIpc) is 1.61. The Kier molecular flexibility index (Phi) is 3.77. The Bertz CT molecular complexity index is 46.4. The Morgan fingerprint density at radius 1 is 1.38 bits per heavy atom. The third kappa shape index (κ3) is 5.88. The van der Waals surface area contributed by atoms with Crippen LogP contribution in [0.3, 0.4) is 0 Å². The summed E-state index contributed by atoms with van der Waals surface area (Å²) in [6.45, 7) is 4.14. The maximum atomic E-state index is 8.29. The minimum absolute atomic E-state index is 0.248. The summed E-state index contributed by atoms with van der Waals surface area (Å²) in [5.41, 5.74) is 0. The fourth-order valence-electron chi connectivity index (χ4n) is 0.341. The molecule has 0 saturated heterocycles. The van der Waals surface area contributed by atoms with Gasteiger partial charge in [-0.05, 0) is 0 Å². The van der Waals surface area contributed by atoms with Crippen molar-refractivity contribution in [3.05, 3.63) is 0 Å². The van der Waals surface area contributed by atoms with E-state index in [0.717, 1.165) is 0 Å². The van der Waals surface area contributed by atoms with Gasteiger partial charge in [-0.2, -0.15) is 0 Å². The molecule has 0 aliphatic rings. The molecule has 0 spiro atoms. The lowest BCUT2D eigenvalue weighted by Crippen LogP contribution is -2.31. The van der Waals surface area contributed by atoms with Crippen molar-refractivity contribution in [2.45, 2.75) is 26.2 Å². The summed E-state index contributed by atoms with van der Waals surface area (Å²) in [5, 5.41) is 19.4. The highest BCUT2D eigenvalue weighted by molar-refractivity contribution is 4.51. The van der Waals surface area contributed by atoms with Crippen LogP contribution < -0.4 is 5.32 Å². The molecule has 3 nitrogen and oxygen atoms in total. The average molecular weight is 119 g/mol. The van der Waals surface area contributed by atoms with Crippen LogP contribution in [0.5, 0.6) is 0 Å². The first-order valence-electron chi connectivity index (χ1n) is 2.72. The summed E-state index contributed by atoms with van der Waals surface area (Å²) in [7, 11) is 0. The van der Waals surface area contributed by atoms with E-state index >= 15 is 0 Å². The van der Waals surface area contributed by atoms with Gasteiger partial charge >= 0.3 is 0 Å². The number of nitrogens with one attached hydrogen (secondary N) is 1. The molecule has 0 aromatic rings. The molecular formula is C5H13NO2. The largest absolute Gasteiger partial charge is 0.367 e. The molecule has 0 fully saturated rings. The van der Waals surface area contributed by atoms with Crippen molar-refractivity contribution in [2.75, 3.05) is 6.54 Å². The van der Waals surface area contributed by atoms with Crippen LogP contribution >= 0.6 is 0 Å². The van der Waals surface area contributed by atoms with Gasteiger partial charge in [-0.1, -0.05) is 13.8 Å². The lowest BCUT2D eigenvalue weighted by atomic mass is 10.4. The van der Waals surface area contributed by atoms with Gasteiger partial charge in [0, 0.05) is 12.6 Å². The predicted molar refractivity (Wildman–Crippen MR) is 31.4 cm³/mol. The van der Waals surface area contributed by atoms with Crippen molar-refractivity contribution in [1.29, 1.82) is 0 Å². The van der Waals surface area contributed by atoms with Crippen LogP contribution in [0.4, 0.5) is 0 Å². The number of aliphatic hydroxyl groups is 2. The van der Waals surface area contributed by atoms with E-state index in [0.29, 0.717) is 6.04 Å². The summed E-state index contributed by atoms with van der Waals surface area (Å²) in [6, 6.07) is 0.316. The molecule has 0 amide bonds. The molecule has 0 saturated carbocycles. The zero-order chi connectivity index (χ0) is 6.57. The molecule has 0 aliphatic carbocycles. The smallest absolute Gasteiger partial charge is 0.164 e. The van der Waals surface area contributed by atoms with Crippen molar-refractivity contribution in [3.8, 4) is 0 Å². The Morgan fingerprint density at radius 3 is 2.00 bits per heavy atom. The molecule has 0 unspecified atom stereocenters. The summed E-state index contributed by atoms with van der Waals surface area (Å²) in [6.07, 6.45) is -1.22. The second kappa shape index (κ2) is 3.83. The fourth-order valence-corrected chi connectivity index (χ4v) is 0.341. The van der Waals surface area contributed by atoms with Crippen LogP contribution in [0, 0.1) is 0 Å². The lowest BCUT2D eigenvalue weighted by Gasteiger charge is -2.07. The first kappa shape index (κ1) is 7.88. The van der Waals surface area contributed by atoms with E-state index in [1.54, 1.807) is 0 Å². The molecule has 0 radical (unpaired) electrons. The number of aliphatic hydroxyl groups excluding tert-OH is 1. The van der Waals surface area contributed by atoms with Crippen LogP contribution in [0.1, 0.15) is 13.8 Å². The lowest BCUT2D eigenvalue weighted by molar-refractivity contribution is -0.0382. The van der Waals surface area contributed by atoms with Gasteiger partial charge in [-0.3, -0.25) is 0 Å². The molecule has 0 rings (SSSR count). The normalized spacial score (nSPS) is 11.2. The highest BCUT2D eigenvalue weighted by atomic mass is 16.5. The van der Waals surface area contributed by atoms with Crippen molar-refractivity contribution in [2.24, 2.45) is 0 Å². The van der Waals surface area contributed by atoms with E-state index < -0.39 is 6.29 Å². The van der Waals surface area contributed by atoms with Gasteiger partial charge in [0.15, 0.2) is 6.29 Å². The van der Waals surface area contributed by atoms with E-state index in [-0.39, 0.29) is 6.54 Å². The van der Waals surface area contributed by atoms with E-state index in [1.165, 1.54) is 0 Å². The monoisotopic (exact) mass is 119 g/mol. The zero-order valence-electron chi connectivity index (χ0n) is 5.26. The molecule has 50 valence electrons. The van der Waals surface area contributed by atoms with E-state index in [4.69, 9.17) is 10.2 Å². The molecule has 0 atom stereocenters. The maximum Gasteiger partial charge on any atom is 0.164 e. The molecular weight excluding hydrogens is 106 g/mol. The van der Waals surface area contributed by atoms with Gasteiger partial charge in [0.25, 0.3) is 0 Å². The molecule has 0 bridgehead atoms. The Hall–Kier alpha value is -0.120. The minimum atomic E-state index is -1.22. The third-order valence-electron chi connectivity index (χ3n) is 0.709. The summed E-state index contributed by atoms with van der Waals surface area (Å²) in [4.78, 5) is 0. The predicted octanol–water partition coefficient (Wildman–Crippen LogP) is -0.705. The fraction of sp³-hybridized carbons (Fsp3) is 1.00. The molecule has 0 aliphatic heterocycles. The van der Waals surface area contributed by atoms with Gasteiger partial charge < -0.3 is 15.5 Å². The van der Waals surface area contributed by atoms with Crippen LogP contribution in [-0.2, 0) is 0 Å². The van der Waals surface area contributed by atoms with E-state index in [1.807, 2.05) is 13.8 Å². The SMILES string of the molecule is CC(C)NCC(O)O. The van der Waals surface area contributed by atoms with Crippen molar-refractivity contribution in [1.82, 2.24) is 5.32 Å². The third-order valence-corrected chi connectivity index (χ3v) is 0.709. The van der Waals surface area contributed by atoms with Crippen LogP contribution in [-0.4, -0.2) is 29.1 Å². The minimum Gasteiger partial charge on any atom is -0.367 e. The second-order valence-corrected chi connectivity index (χ2v) is 2.04. The highest BCUT2D eigenvalue weighted by Crippen LogP contribution is 1.76. The molecule has 3 N–H and O–H groups in total. The van der Waals surface area contributed by atoms with Crippen LogP contribution in [0.2, 0.25) is 0 Å². The van der Waals surface area contributed by atoms with Crippen molar-refractivity contribution >= 4 is 0 Å². The van der Waals surface area contributed by atoms with Crippen LogP contribution in [0.25, 0.3) is 0 Å². The molecule has 3 heteroatoms. The van der Waals surface area contributed by atoms with Gasteiger partial charge in [-0.25, -0.2) is 0 Å². The molecule has 0 heterocycles. The Morgan fingerprint density at radius 2 is 1.88 bits per heavy atom. The standard InChI is InChI=1S/C5H13NO2/c1-4(2)6-3-5(7)8/h4-8H,3H2,1-2H3. The van der Waals surface area contributed by atoms with Gasteiger partial charge in [0.05, 0.1) is 0 Å². The van der Waals surface area contributed by atoms with Crippen LogP contribution in [0.15, 0.2) is 0 Å². The van der Waals surface area contributed by atoms with Crippen molar-refractivity contribution in [3.63, 3.8) is 0 Å². The highest BCUT2D eigenvalue weighted by Gasteiger charge is 1.96. The first-order chi connectivity index (χ1) is 3.63. The topological polar surface area (TPSA) is 52.5 Å². The zero-order valence-corrected chi connectivity index (χ0v) is 5.26. The van der Waals surface area contributed by atoms with Crippen molar-refractivity contribution < 1.29 is 10.2 Å². The van der Waals surface area contributed by atoms with E-state index in [2.05, 4.69) is 5.32 Å².